The van der Waals surface area contributed by atoms with E-state index in [0.29, 0.717) is 36.1 Å². The molecule has 0 saturated heterocycles. The Labute approximate surface area is 230 Å². The molecule has 40 heavy (non-hydrogen) atoms. The van der Waals surface area contributed by atoms with Crippen LogP contribution in [-0.2, 0) is 4.79 Å². The molecule has 0 radical (unpaired) electrons. The highest BCUT2D eigenvalue weighted by Crippen LogP contribution is 2.36. The van der Waals surface area contributed by atoms with Crippen molar-refractivity contribution in [2.45, 2.75) is 13.8 Å². The predicted molar refractivity (Wildman–Crippen MR) is 151 cm³/mol. The van der Waals surface area contributed by atoms with Crippen LogP contribution in [0.25, 0.3) is 16.6 Å². The lowest BCUT2D eigenvalue weighted by molar-refractivity contribution is -0.127. The number of hydrogen-bond acceptors (Lipinski definition) is 9. The van der Waals surface area contributed by atoms with Crippen molar-refractivity contribution in [2.24, 2.45) is 0 Å². The number of aryl methyl sites for hydroxylation is 1. The van der Waals surface area contributed by atoms with E-state index in [0.717, 1.165) is 33.6 Å². The molecule has 1 aliphatic rings. The van der Waals surface area contributed by atoms with Gasteiger partial charge in [0.2, 0.25) is 0 Å². The third kappa shape index (κ3) is 4.90. The number of likely N-dealkylation sites (N-methyl/N-ethyl adjacent to an activating group) is 1. The molecule has 11 heteroatoms. The summed E-state index contributed by atoms with van der Waals surface area (Å²) in [6.45, 7) is 4.88. The first kappa shape index (κ1) is 24.9. The molecule has 0 aliphatic carbocycles. The number of carbonyl (C=O) groups is 1. The summed E-state index contributed by atoms with van der Waals surface area (Å²) in [6.07, 6.45) is 4.83. The lowest BCUT2D eigenvalue weighted by atomic mass is 10.1. The highest BCUT2D eigenvalue weighted by molar-refractivity contribution is 5.95. The quantitative estimate of drug-likeness (QED) is 0.340. The van der Waals surface area contributed by atoms with Gasteiger partial charge in [-0.05, 0) is 55.7 Å². The second kappa shape index (κ2) is 10.4. The molecule has 0 bridgehead atoms. The van der Waals surface area contributed by atoms with Gasteiger partial charge in [-0.15, -0.1) is 0 Å². The molecule has 11 nitrogen and oxygen atoms in total. The molecule has 6 rings (SSSR count). The summed E-state index contributed by atoms with van der Waals surface area (Å²) in [6, 6.07) is 13.4. The number of hydrogen-bond donors (Lipinski definition) is 1. The summed E-state index contributed by atoms with van der Waals surface area (Å²) in [5.74, 6) is 7.72. The van der Waals surface area contributed by atoms with E-state index in [1.807, 2.05) is 62.6 Å². The predicted octanol–water partition coefficient (Wildman–Crippen LogP) is 4.15. The summed E-state index contributed by atoms with van der Waals surface area (Å²) in [7, 11) is 1.97. The van der Waals surface area contributed by atoms with Crippen molar-refractivity contribution in [3.05, 3.63) is 66.9 Å². The van der Waals surface area contributed by atoms with Crippen LogP contribution < -0.4 is 19.7 Å². The van der Waals surface area contributed by atoms with Crippen LogP contribution in [0.3, 0.4) is 0 Å². The molecule has 3 aromatic heterocycles. The van der Waals surface area contributed by atoms with E-state index in [9.17, 15) is 4.79 Å². The first-order valence-corrected chi connectivity index (χ1v) is 12.7. The van der Waals surface area contributed by atoms with E-state index < -0.39 is 0 Å². The molecular formula is C29H26N8O3. The van der Waals surface area contributed by atoms with Crippen molar-refractivity contribution in [1.82, 2.24) is 29.5 Å². The number of aromatic nitrogens is 5. The normalized spacial score (nSPS) is 13.1. The van der Waals surface area contributed by atoms with Gasteiger partial charge in [0, 0.05) is 49.5 Å². The van der Waals surface area contributed by atoms with Crippen molar-refractivity contribution in [3.63, 3.8) is 0 Å². The number of pyridine rings is 1. The summed E-state index contributed by atoms with van der Waals surface area (Å²) in [5.41, 5.74) is 4.14. The van der Waals surface area contributed by atoms with Crippen molar-refractivity contribution in [3.8, 4) is 29.1 Å². The zero-order valence-corrected chi connectivity index (χ0v) is 22.3. The Morgan fingerprint density at radius 1 is 1.07 bits per heavy atom. The van der Waals surface area contributed by atoms with Gasteiger partial charge < -0.3 is 19.7 Å². The largest absolute Gasteiger partial charge is 0.471 e. The fourth-order valence-electron chi connectivity index (χ4n) is 4.50. The van der Waals surface area contributed by atoms with Gasteiger partial charge in [-0.2, -0.15) is 5.10 Å². The fraction of sp³-hybridized carbons (Fsp3) is 0.207. The summed E-state index contributed by atoms with van der Waals surface area (Å²) >= 11 is 0. The molecule has 1 amide bonds. The number of amides is 1. The number of ether oxygens (including phenoxy) is 2. The van der Waals surface area contributed by atoms with Crippen LogP contribution in [-0.4, -0.2) is 62.2 Å². The van der Waals surface area contributed by atoms with Crippen LogP contribution in [0, 0.1) is 18.8 Å². The Morgan fingerprint density at radius 3 is 2.83 bits per heavy atom. The molecule has 0 atom stereocenters. The Balaban J connectivity index is 1.25. The maximum atomic E-state index is 12.3. The number of benzene rings is 2. The molecule has 2 aromatic carbocycles. The standard InChI is InChI=1S/C29H26N8O3/c1-4-5-28(38)36-11-10-35(3)24-14-22-23(15-26(24)39-18-36)30-16-32-29(22)34-20-6-7-25(19(2)12-20)40-21-8-9-37-27(13-21)31-17-33-37/h6-9,12-17H,10-11,18H2,1-3H3,(H,30,32,34). The third-order valence-corrected chi connectivity index (χ3v) is 6.65. The van der Waals surface area contributed by atoms with Crippen molar-refractivity contribution in [1.29, 1.82) is 0 Å². The SMILES string of the molecule is CC#CC(=O)N1CCN(C)c2cc3c(Nc4ccc(Oc5ccn6ncnc6c5)c(C)c4)ncnc3cc2OC1. The van der Waals surface area contributed by atoms with Gasteiger partial charge >= 0.3 is 5.91 Å². The molecule has 0 fully saturated rings. The van der Waals surface area contributed by atoms with Crippen molar-refractivity contribution >= 4 is 39.6 Å². The fourth-order valence-corrected chi connectivity index (χ4v) is 4.50. The van der Waals surface area contributed by atoms with Crippen LogP contribution in [0.1, 0.15) is 12.5 Å². The van der Waals surface area contributed by atoms with Crippen molar-refractivity contribution in [2.75, 3.05) is 37.1 Å². The van der Waals surface area contributed by atoms with Gasteiger partial charge in [0.15, 0.2) is 12.4 Å². The smallest absolute Gasteiger partial charge is 0.301 e. The van der Waals surface area contributed by atoms with Gasteiger partial charge in [0.1, 0.15) is 35.7 Å². The van der Waals surface area contributed by atoms with Gasteiger partial charge in [-0.1, -0.05) is 5.92 Å². The van der Waals surface area contributed by atoms with Crippen LogP contribution >= 0.6 is 0 Å². The van der Waals surface area contributed by atoms with Crippen LogP contribution in [0.4, 0.5) is 17.2 Å². The summed E-state index contributed by atoms with van der Waals surface area (Å²) < 4.78 is 13.8. The van der Waals surface area contributed by atoms with Gasteiger partial charge in [0.05, 0.1) is 11.2 Å². The first-order valence-electron chi connectivity index (χ1n) is 12.7. The Kier molecular flexibility index (Phi) is 6.49. The average molecular weight is 535 g/mol. The van der Waals surface area contributed by atoms with E-state index in [1.165, 1.54) is 12.7 Å². The Bertz CT molecular complexity index is 1810. The third-order valence-electron chi connectivity index (χ3n) is 6.65. The van der Waals surface area contributed by atoms with E-state index in [4.69, 9.17) is 9.47 Å². The van der Waals surface area contributed by atoms with Crippen LogP contribution in [0.2, 0.25) is 0 Å². The lowest BCUT2D eigenvalue weighted by Gasteiger charge is -2.30. The number of anilines is 3. The number of nitrogens with one attached hydrogen (secondary N) is 1. The maximum Gasteiger partial charge on any atom is 0.301 e. The van der Waals surface area contributed by atoms with Crippen LogP contribution in [0.5, 0.6) is 17.2 Å². The number of rotatable bonds is 4. The topological polar surface area (TPSA) is 110 Å². The molecule has 0 spiro atoms. The zero-order chi connectivity index (χ0) is 27.6. The summed E-state index contributed by atoms with van der Waals surface area (Å²) in [5, 5.41) is 8.39. The maximum absolute atomic E-state index is 12.3. The van der Waals surface area contributed by atoms with Gasteiger partial charge in [-0.3, -0.25) is 9.69 Å². The Morgan fingerprint density at radius 2 is 1.98 bits per heavy atom. The first-order chi connectivity index (χ1) is 19.5. The van der Waals surface area contributed by atoms with Crippen molar-refractivity contribution < 1.29 is 14.3 Å². The number of carbonyl (C=O) groups excluding carboxylic acids is 1. The molecular weight excluding hydrogens is 508 g/mol. The molecule has 0 unspecified atom stereocenters. The minimum Gasteiger partial charge on any atom is -0.471 e. The van der Waals surface area contributed by atoms with E-state index in [-0.39, 0.29) is 12.6 Å². The van der Waals surface area contributed by atoms with Gasteiger partial charge in [0.25, 0.3) is 0 Å². The minimum absolute atomic E-state index is 0.122. The lowest BCUT2D eigenvalue weighted by Crippen LogP contribution is -2.41. The highest BCUT2D eigenvalue weighted by Gasteiger charge is 2.21. The minimum atomic E-state index is -0.253. The zero-order valence-electron chi connectivity index (χ0n) is 22.3. The highest BCUT2D eigenvalue weighted by atomic mass is 16.5. The monoisotopic (exact) mass is 534 g/mol. The molecule has 1 aliphatic heterocycles. The molecule has 4 heterocycles. The molecule has 5 aromatic rings. The Hall–Kier alpha value is -5.37. The van der Waals surface area contributed by atoms with E-state index in [1.54, 1.807) is 16.3 Å². The average Bonchev–Trinajstić information content (AvgIpc) is 3.41. The molecule has 0 saturated carbocycles. The van der Waals surface area contributed by atoms with E-state index >= 15 is 0 Å². The number of nitrogens with zero attached hydrogens (tertiary/aromatic N) is 7. The molecule has 1 N–H and O–H groups in total. The van der Waals surface area contributed by atoms with E-state index in [2.05, 4.69) is 42.1 Å². The summed E-state index contributed by atoms with van der Waals surface area (Å²) in [4.78, 5) is 29.1. The molecule has 200 valence electrons. The van der Waals surface area contributed by atoms with Gasteiger partial charge in [-0.25, -0.2) is 19.5 Å². The number of fused-ring (bicyclic) bond motifs is 3. The second-order valence-corrected chi connectivity index (χ2v) is 9.33. The van der Waals surface area contributed by atoms with Crippen LogP contribution in [0.15, 0.2) is 61.3 Å². The second-order valence-electron chi connectivity index (χ2n) is 9.33.